The van der Waals surface area contributed by atoms with Gasteiger partial charge in [-0.1, -0.05) is 19.1 Å². The molecule has 0 aliphatic rings. The maximum atomic E-state index is 11.4. The van der Waals surface area contributed by atoms with Gasteiger partial charge in [-0.25, -0.2) is 13.4 Å². The van der Waals surface area contributed by atoms with Gasteiger partial charge in [0.15, 0.2) is 9.84 Å². The van der Waals surface area contributed by atoms with Crippen LogP contribution >= 0.6 is 11.3 Å². The van der Waals surface area contributed by atoms with Crippen LogP contribution in [0.25, 0.3) is 0 Å². The number of nitrogens with zero attached hydrogens (tertiary/aromatic N) is 1. The van der Waals surface area contributed by atoms with Crippen molar-refractivity contribution in [1.29, 1.82) is 0 Å². The van der Waals surface area contributed by atoms with E-state index in [1.54, 1.807) is 23.5 Å². The summed E-state index contributed by atoms with van der Waals surface area (Å²) in [5, 5.41) is 6.57. The molecule has 21 heavy (non-hydrogen) atoms. The molecule has 0 radical (unpaired) electrons. The zero-order valence-electron chi connectivity index (χ0n) is 12.4. The van der Waals surface area contributed by atoms with E-state index in [0.717, 1.165) is 17.1 Å². The Morgan fingerprint density at radius 2 is 1.90 bits per heavy atom. The highest BCUT2D eigenvalue weighted by molar-refractivity contribution is 7.90. The highest BCUT2D eigenvalue weighted by Crippen LogP contribution is 2.20. The second-order valence-corrected chi connectivity index (χ2v) is 8.18. The van der Waals surface area contributed by atoms with Crippen molar-refractivity contribution in [3.05, 3.63) is 46.4 Å². The van der Waals surface area contributed by atoms with E-state index in [-0.39, 0.29) is 6.04 Å². The third-order valence-electron chi connectivity index (χ3n) is 3.41. The monoisotopic (exact) mass is 324 g/mol. The molecule has 0 aliphatic heterocycles. The predicted octanol–water partition coefficient (Wildman–Crippen LogP) is 3.00. The smallest absolute Gasteiger partial charge is 0.175 e. The highest BCUT2D eigenvalue weighted by atomic mass is 32.2. The Hall–Kier alpha value is -1.24. The summed E-state index contributed by atoms with van der Waals surface area (Å²) in [6.07, 6.45) is 3.04. The van der Waals surface area contributed by atoms with Gasteiger partial charge in [0, 0.05) is 36.3 Å². The number of aromatic nitrogens is 1. The third-order valence-corrected chi connectivity index (χ3v) is 5.55. The molecule has 1 heterocycles. The molecule has 0 bridgehead atoms. The van der Waals surface area contributed by atoms with Crippen molar-refractivity contribution in [2.45, 2.75) is 30.7 Å². The first-order chi connectivity index (χ1) is 9.88. The van der Waals surface area contributed by atoms with Crippen LogP contribution in [0.2, 0.25) is 0 Å². The van der Waals surface area contributed by atoms with Gasteiger partial charge in [0.2, 0.25) is 0 Å². The van der Waals surface area contributed by atoms with Crippen molar-refractivity contribution in [3.63, 3.8) is 0 Å². The molecule has 0 spiro atoms. The number of rotatable bonds is 6. The Morgan fingerprint density at radius 1 is 1.24 bits per heavy atom. The van der Waals surface area contributed by atoms with E-state index in [1.165, 1.54) is 6.26 Å². The summed E-state index contributed by atoms with van der Waals surface area (Å²) in [5.74, 6) is 0.364. The molecule has 0 amide bonds. The van der Waals surface area contributed by atoms with E-state index in [9.17, 15) is 8.42 Å². The number of thiazole rings is 1. The molecule has 0 aliphatic carbocycles. The van der Waals surface area contributed by atoms with Gasteiger partial charge in [-0.2, -0.15) is 0 Å². The van der Waals surface area contributed by atoms with Crippen LogP contribution in [0.1, 0.15) is 36.4 Å². The van der Waals surface area contributed by atoms with Crippen molar-refractivity contribution in [3.8, 4) is 0 Å². The summed E-state index contributed by atoms with van der Waals surface area (Å²) < 4.78 is 22.9. The second kappa shape index (κ2) is 6.68. The van der Waals surface area contributed by atoms with Crippen molar-refractivity contribution in [2.75, 3.05) is 12.8 Å². The minimum atomic E-state index is -3.13. The molecule has 2 unspecified atom stereocenters. The lowest BCUT2D eigenvalue weighted by Crippen LogP contribution is -2.23. The van der Waals surface area contributed by atoms with Crippen LogP contribution in [0.15, 0.2) is 40.7 Å². The molecule has 1 aromatic heterocycles. The van der Waals surface area contributed by atoms with Crippen LogP contribution in [0.3, 0.4) is 0 Å². The highest BCUT2D eigenvalue weighted by Gasteiger charge is 2.12. The molecule has 1 aromatic carbocycles. The van der Waals surface area contributed by atoms with E-state index < -0.39 is 9.84 Å². The summed E-state index contributed by atoms with van der Waals surface area (Å²) in [7, 11) is -3.13. The molecule has 6 heteroatoms. The summed E-state index contributed by atoms with van der Waals surface area (Å²) >= 11 is 1.67. The van der Waals surface area contributed by atoms with Gasteiger partial charge in [-0.15, -0.1) is 11.3 Å². The molecular weight excluding hydrogens is 304 g/mol. The number of benzene rings is 1. The van der Waals surface area contributed by atoms with E-state index in [0.29, 0.717) is 10.8 Å². The molecule has 1 N–H and O–H groups in total. The first-order valence-electron chi connectivity index (χ1n) is 6.80. The molecule has 2 aromatic rings. The minimum absolute atomic E-state index is 0.168. The lowest BCUT2D eigenvalue weighted by Gasteiger charge is -2.17. The van der Waals surface area contributed by atoms with Crippen molar-refractivity contribution < 1.29 is 8.42 Å². The zero-order valence-corrected chi connectivity index (χ0v) is 14.0. The van der Waals surface area contributed by atoms with Crippen LogP contribution in [-0.2, 0) is 9.84 Å². The molecule has 4 nitrogen and oxygen atoms in total. The quantitative estimate of drug-likeness (QED) is 0.887. The lowest BCUT2D eigenvalue weighted by molar-refractivity contribution is 0.536. The average molecular weight is 324 g/mol. The first kappa shape index (κ1) is 16.1. The molecule has 0 saturated carbocycles. The summed E-state index contributed by atoms with van der Waals surface area (Å²) in [6, 6.07) is 7.21. The fraction of sp³-hybridized carbons (Fsp3) is 0.400. The van der Waals surface area contributed by atoms with Gasteiger partial charge < -0.3 is 5.32 Å². The van der Waals surface area contributed by atoms with Gasteiger partial charge in [0.05, 0.1) is 9.90 Å². The van der Waals surface area contributed by atoms with Crippen molar-refractivity contribution >= 4 is 21.2 Å². The summed E-state index contributed by atoms with van der Waals surface area (Å²) in [5.41, 5.74) is 1.08. The van der Waals surface area contributed by atoms with Crippen LogP contribution in [0.4, 0.5) is 0 Å². The zero-order chi connectivity index (χ0) is 15.5. The van der Waals surface area contributed by atoms with Gasteiger partial charge in [-0.05, 0) is 24.6 Å². The summed E-state index contributed by atoms with van der Waals surface area (Å²) in [6.45, 7) is 5.05. The molecule has 2 rings (SSSR count). The Bertz CT molecular complexity index is 664. The van der Waals surface area contributed by atoms with Crippen LogP contribution in [0, 0.1) is 0 Å². The van der Waals surface area contributed by atoms with Gasteiger partial charge in [0.1, 0.15) is 0 Å². The second-order valence-electron chi connectivity index (χ2n) is 5.24. The number of sulfone groups is 1. The molecular formula is C15H20N2O2S2. The van der Waals surface area contributed by atoms with E-state index in [1.807, 2.05) is 23.7 Å². The molecule has 114 valence electrons. The van der Waals surface area contributed by atoms with Crippen LogP contribution in [-0.4, -0.2) is 26.2 Å². The summed E-state index contributed by atoms with van der Waals surface area (Å²) in [4.78, 5) is 4.67. The number of nitrogens with one attached hydrogen (secondary N) is 1. The Morgan fingerprint density at radius 3 is 2.43 bits per heavy atom. The molecule has 0 fully saturated rings. The SMILES string of the molecule is CC(CNC(C)c1ccc(S(C)(=O)=O)cc1)c1nccs1. The molecule has 2 atom stereocenters. The standard InChI is InChI=1S/C15H20N2O2S2/c1-11(15-16-8-9-20-15)10-17-12(2)13-4-6-14(7-5-13)21(3,18)19/h4-9,11-12,17H,10H2,1-3H3. The van der Waals surface area contributed by atoms with Gasteiger partial charge in [-0.3, -0.25) is 0 Å². The maximum Gasteiger partial charge on any atom is 0.175 e. The first-order valence-corrected chi connectivity index (χ1v) is 9.58. The minimum Gasteiger partial charge on any atom is -0.310 e. The molecule has 0 saturated heterocycles. The third kappa shape index (κ3) is 4.36. The Labute approximate surface area is 130 Å². The van der Waals surface area contributed by atoms with Gasteiger partial charge in [0.25, 0.3) is 0 Å². The van der Waals surface area contributed by atoms with Crippen LogP contribution in [0.5, 0.6) is 0 Å². The van der Waals surface area contributed by atoms with E-state index >= 15 is 0 Å². The van der Waals surface area contributed by atoms with Gasteiger partial charge >= 0.3 is 0 Å². The van der Waals surface area contributed by atoms with Crippen molar-refractivity contribution in [2.24, 2.45) is 0 Å². The number of hydrogen-bond acceptors (Lipinski definition) is 5. The normalized spacial score (nSPS) is 14.8. The Balaban J connectivity index is 1.96. The van der Waals surface area contributed by atoms with E-state index in [4.69, 9.17) is 0 Å². The Kier molecular flexibility index (Phi) is 5.13. The predicted molar refractivity (Wildman–Crippen MR) is 86.5 cm³/mol. The van der Waals surface area contributed by atoms with E-state index in [2.05, 4.69) is 24.1 Å². The van der Waals surface area contributed by atoms with Crippen LogP contribution < -0.4 is 5.32 Å². The fourth-order valence-electron chi connectivity index (χ4n) is 2.04. The largest absolute Gasteiger partial charge is 0.310 e. The topological polar surface area (TPSA) is 59.1 Å². The number of hydrogen-bond donors (Lipinski definition) is 1. The lowest BCUT2D eigenvalue weighted by atomic mass is 10.1. The average Bonchev–Trinajstić information content (AvgIpc) is 2.98. The fourth-order valence-corrected chi connectivity index (χ4v) is 3.37. The maximum absolute atomic E-state index is 11.4. The van der Waals surface area contributed by atoms with Crippen molar-refractivity contribution in [1.82, 2.24) is 10.3 Å².